The number of amides is 1. The highest BCUT2D eigenvalue weighted by Gasteiger charge is 2.35. The van der Waals surface area contributed by atoms with Crippen molar-refractivity contribution in [3.05, 3.63) is 0 Å². The highest BCUT2D eigenvalue weighted by Crippen LogP contribution is 2.31. The number of carbonyl (C=O) groups is 1. The molecule has 1 amide bonds. The normalized spacial score (nSPS) is 34.5. The van der Waals surface area contributed by atoms with Crippen molar-refractivity contribution in [3.63, 3.8) is 0 Å². The number of ether oxygens (including phenoxy) is 1. The first-order valence-corrected chi connectivity index (χ1v) is 5.57. The maximum Gasteiger partial charge on any atom is 0.220 e. The Hall–Kier alpha value is -0.570. The van der Waals surface area contributed by atoms with Crippen LogP contribution in [0.5, 0.6) is 0 Å². The van der Waals surface area contributed by atoms with Crippen molar-refractivity contribution in [2.24, 2.45) is 5.92 Å². The highest BCUT2D eigenvalue weighted by atomic mass is 16.5. The van der Waals surface area contributed by atoms with Gasteiger partial charge in [-0.3, -0.25) is 4.79 Å². The molecule has 0 aliphatic carbocycles. The van der Waals surface area contributed by atoms with Crippen molar-refractivity contribution >= 4 is 5.91 Å². The second-order valence-corrected chi connectivity index (χ2v) is 4.87. The fourth-order valence-electron chi connectivity index (χ4n) is 2.59. The molecule has 3 nitrogen and oxygen atoms in total. The Kier molecular flexibility index (Phi) is 2.77. The Bertz CT molecular complexity index is 223. The lowest BCUT2D eigenvalue weighted by Crippen LogP contribution is -2.40. The zero-order valence-corrected chi connectivity index (χ0v) is 8.84. The van der Waals surface area contributed by atoms with Crippen LogP contribution in [0.4, 0.5) is 0 Å². The minimum Gasteiger partial charge on any atom is -0.381 e. The third-order valence-corrected chi connectivity index (χ3v) is 3.43. The van der Waals surface area contributed by atoms with Gasteiger partial charge in [0.1, 0.15) is 0 Å². The van der Waals surface area contributed by atoms with E-state index in [0.29, 0.717) is 6.42 Å². The van der Waals surface area contributed by atoms with E-state index < -0.39 is 0 Å². The molecule has 2 saturated heterocycles. The van der Waals surface area contributed by atoms with Gasteiger partial charge in [0.2, 0.25) is 5.91 Å². The predicted molar refractivity (Wildman–Crippen MR) is 53.9 cm³/mol. The SMILES string of the molecule is CC1(CC2CCOCC2)CCC(=O)N1. The summed E-state index contributed by atoms with van der Waals surface area (Å²) in [6.07, 6.45) is 5.15. The smallest absolute Gasteiger partial charge is 0.220 e. The summed E-state index contributed by atoms with van der Waals surface area (Å²) in [5.74, 6) is 0.965. The van der Waals surface area contributed by atoms with E-state index >= 15 is 0 Å². The number of hydrogen-bond donors (Lipinski definition) is 1. The van der Waals surface area contributed by atoms with Gasteiger partial charge in [0.05, 0.1) is 0 Å². The average Bonchev–Trinajstić information content (AvgIpc) is 2.47. The van der Waals surface area contributed by atoms with Crippen LogP contribution >= 0.6 is 0 Å². The average molecular weight is 197 g/mol. The fourth-order valence-corrected chi connectivity index (χ4v) is 2.59. The summed E-state index contributed by atoms with van der Waals surface area (Å²) in [6, 6.07) is 0. The molecule has 14 heavy (non-hydrogen) atoms. The quantitative estimate of drug-likeness (QED) is 0.728. The Morgan fingerprint density at radius 1 is 1.50 bits per heavy atom. The summed E-state index contributed by atoms with van der Waals surface area (Å²) in [7, 11) is 0. The summed E-state index contributed by atoms with van der Waals surface area (Å²) in [6.45, 7) is 3.97. The molecule has 0 bridgehead atoms. The molecule has 2 aliphatic rings. The lowest BCUT2D eigenvalue weighted by Gasteiger charge is -2.31. The monoisotopic (exact) mass is 197 g/mol. The Labute approximate surface area is 85.2 Å². The molecule has 0 aromatic carbocycles. The van der Waals surface area contributed by atoms with Crippen molar-refractivity contribution in [1.29, 1.82) is 0 Å². The van der Waals surface area contributed by atoms with Gasteiger partial charge in [0.15, 0.2) is 0 Å². The first-order chi connectivity index (χ1) is 6.68. The molecule has 0 saturated carbocycles. The van der Waals surface area contributed by atoms with E-state index in [0.717, 1.165) is 44.8 Å². The van der Waals surface area contributed by atoms with Crippen LogP contribution in [0.2, 0.25) is 0 Å². The third kappa shape index (κ3) is 2.27. The van der Waals surface area contributed by atoms with Crippen molar-refractivity contribution in [2.45, 2.75) is 44.6 Å². The van der Waals surface area contributed by atoms with Crippen LogP contribution in [-0.2, 0) is 9.53 Å². The molecular formula is C11H19NO2. The lowest BCUT2D eigenvalue weighted by molar-refractivity contribution is -0.119. The molecule has 80 valence electrons. The van der Waals surface area contributed by atoms with E-state index in [1.807, 2.05) is 0 Å². The summed E-state index contributed by atoms with van der Waals surface area (Å²) in [4.78, 5) is 11.2. The van der Waals surface area contributed by atoms with Gasteiger partial charge >= 0.3 is 0 Å². The molecule has 0 spiro atoms. The highest BCUT2D eigenvalue weighted by molar-refractivity contribution is 5.79. The molecule has 0 aromatic rings. The first-order valence-electron chi connectivity index (χ1n) is 5.57. The number of hydrogen-bond acceptors (Lipinski definition) is 2. The molecular weight excluding hydrogens is 178 g/mol. The van der Waals surface area contributed by atoms with Crippen molar-refractivity contribution in [2.75, 3.05) is 13.2 Å². The van der Waals surface area contributed by atoms with Gasteiger partial charge in [0.25, 0.3) is 0 Å². The van der Waals surface area contributed by atoms with Crippen LogP contribution in [-0.4, -0.2) is 24.7 Å². The molecule has 0 radical (unpaired) electrons. The third-order valence-electron chi connectivity index (χ3n) is 3.43. The van der Waals surface area contributed by atoms with Gasteiger partial charge in [-0.2, -0.15) is 0 Å². The zero-order valence-electron chi connectivity index (χ0n) is 8.84. The molecule has 2 rings (SSSR count). The lowest BCUT2D eigenvalue weighted by atomic mass is 9.84. The second kappa shape index (κ2) is 3.89. The van der Waals surface area contributed by atoms with Crippen LogP contribution in [0.25, 0.3) is 0 Å². The number of carbonyl (C=O) groups excluding carboxylic acids is 1. The van der Waals surface area contributed by atoms with Crippen molar-refractivity contribution < 1.29 is 9.53 Å². The second-order valence-electron chi connectivity index (χ2n) is 4.87. The van der Waals surface area contributed by atoms with E-state index in [4.69, 9.17) is 4.74 Å². The van der Waals surface area contributed by atoms with Gasteiger partial charge in [-0.25, -0.2) is 0 Å². The molecule has 0 aromatic heterocycles. The Balaban J connectivity index is 1.86. The zero-order chi connectivity index (χ0) is 10.0. The van der Waals surface area contributed by atoms with E-state index in [2.05, 4.69) is 12.2 Å². The van der Waals surface area contributed by atoms with Crippen molar-refractivity contribution in [3.8, 4) is 0 Å². The molecule has 2 fully saturated rings. The van der Waals surface area contributed by atoms with E-state index in [9.17, 15) is 4.79 Å². The van der Waals surface area contributed by atoms with Gasteiger partial charge in [-0.05, 0) is 38.5 Å². The van der Waals surface area contributed by atoms with E-state index in [-0.39, 0.29) is 11.4 Å². The van der Waals surface area contributed by atoms with Crippen LogP contribution in [0, 0.1) is 5.92 Å². The Morgan fingerprint density at radius 2 is 2.21 bits per heavy atom. The summed E-state index contributed by atoms with van der Waals surface area (Å²) < 4.78 is 5.33. The van der Waals surface area contributed by atoms with Crippen molar-refractivity contribution in [1.82, 2.24) is 5.32 Å². The van der Waals surface area contributed by atoms with Crippen LogP contribution in [0.15, 0.2) is 0 Å². The standard InChI is InChI=1S/C11H19NO2/c1-11(5-2-10(13)12-11)8-9-3-6-14-7-4-9/h9H,2-8H2,1H3,(H,12,13). The largest absolute Gasteiger partial charge is 0.381 e. The van der Waals surface area contributed by atoms with Crippen LogP contribution in [0.3, 0.4) is 0 Å². The fraction of sp³-hybridized carbons (Fsp3) is 0.909. The number of nitrogens with one attached hydrogen (secondary N) is 1. The molecule has 1 N–H and O–H groups in total. The van der Waals surface area contributed by atoms with Crippen LogP contribution in [0.1, 0.15) is 39.0 Å². The minimum atomic E-state index is 0.0685. The maximum atomic E-state index is 11.2. The summed E-state index contributed by atoms with van der Waals surface area (Å²) >= 11 is 0. The number of rotatable bonds is 2. The Morgan fingerprint density at radius 3 is 2.79 bits per heavy atom. The van der Waals surface area contributed by atoms with Gasteiger partial charge in [0, 0.05) is 25.2 Å². The molecule has 1 unspecified atom stereocenters. The first kappa shape index (κ1) is 9.97. The van der Waals surface area contributed by atoms with Gasteiger partial charge in [-0.1, -0.05) is 0 Å². The van der Waals surface area contributed by atoms with Gasteiger partial charge < -0.3 is 10.1 Å². The molecule has 3 heteroatoms. The maximum absolute atomic E-state index is 11.2. The van der Waals surface area contributed by atoms with Crippen LogP contribution < -0.4 is 5.32 Å². The summed E-state index contributed by atoms with van der Waals surface area (Å²) in [5.41, 5.74) is 0.0685. The molecule has 1 atom stereocenters. The van der Waals surface area contributed by atoms with Gasteiger partial charge in [-0.15, -0.1) is 0 Å². The minimum absolute atomic E-state index is 0.0685. The van der Waals surface area contributed by atoms with E-state index in [1.54, 1.807) is 0 Å². The van der Waals surface area contributed by atoms with E-state index in [1.165, 1.54) is 0 Å². The summed E-state index contributed by atoms with van der Waals surface area (Å²) in [5, 5.41) is 3.10. The molecule has 2 heterocycles. The molecule has 2 aliphatic heterocycles. The predicted octanol–water partition coefficient (Wildman–Crippen LogP) is 1.47. The topological polar surface area (TPSA) is 38.3 Å².